The van der Waals surface area contributed by atoms with Gasteiger partial charge in [-0.15, -0.1) is 0 Å². The van der Waals surface area contributed by atoms with Gasteiger partial charge in [-0.2, -0.15) is 0 Å². The van der Waals surface area contributed by atoms with Crippen LogP contribution in [0.2, 0.25) is 10.0 Å². The minimum absolute atomic E-state index is 0.168. The van der Waals surface area contributed by atoms with E-state index in [0.717, 1.165) is 11.3 Å². The minimum Gasteiger partial charge on any atom is -0.271 e. The maximum Gasteiger partial charge on any atom is 0.0775 e. The van der Waals surface area contributed by atoms with Gasteiger partial charge in [0.25, 0.3) is 0 Å². The van der Waals surface area contributed by atoms with E-state index in [1.165, 1.54) is 0 Å². The summed E-state index contributed by atoms with van der Waals surface area (Å²) in [6, 6.07) is 11.1. The molecular weight excluding hydrogens is 269 g/mol. The standard InChI is InChI=1S/C13H13Cl2N3/c14-10-5-2-1-4-9(10)8-12(18-16)13-11(15)6-3-7-17-13/h1-7,12,18H,8,16H2. The van der Waals surface area contributed by atoms with Crippen LogP contribution in [-0.2, 0) is 6.42 Å². The minimum atomic E-state index is -0.168. The summed E-state index contributed by atoms with van der Waals surface area (Å²) in [5.74, 6) is 5.58. The molecule has 0 saturated carbocycles. The Bertz CT molecular complexity index is 531. The van der Waals surface area contributed by atoms with Gasteiger partial charge < -0.3 is 0 Å². The van der Waals surface area contributed by atoms with Gasteiger partial charge in [-0.1, -0.05) is 41.4 Å². The van der Waals surface area contributed by atoms with E-state index >= 15 is 0 Å². The van der Waals surface area contributed by atoms with Gasteiger partial charge in [0.2, 0.25) is 0 Å². The van der Waals surface area contributed by atoms with Gasteiger partial charge in [0, 0.05) is 11.2 Å². The molecular formula is C13H13Cl2N3. The molecule has 0 amide bonds. The van der Waals surface area contributed by atoms with Crippen molar-refractivity contribution in [2.45, 2.75) is 12.5 Å². The molecule has 0 aliphatic carbocycles. The largest absolute Gasteiger partial charge is 0.271 e. The van der Waals surface area contributed by atoms with Crippen LogP contribution in [0.15, 0.2) is 42.6 Å². The third-order valence-electron chi connectivity index (χ3n) is 2.70. The lowest BCUT2D eigenvalue weighted by Crippen LogP contribution is -2.30. The van der Waals surface area contributed by atoms with Crippen LogP contribution < -0.4 is 11.3 Å². The van der Waals surface area contributed by atoms with E-state index in [2.05, 4.69) is 10.4 Å². The average molecular weight is 282 g/mol. The Labute approximate surface area is 116 Å². The van der Waals surface area contributed by atoms with Gasteiger partial charge in [0.15, 0.2) is 0 Å². The summed E-state index contributed by atoms with van der Waals surface area (Å²) in [5.41, 5.74) is 4.46. The van der Waals surface area contributed by atoms with Gasteiger partial charge in [0.1, 0.15) is 0 Å². The van der Waals surface area contributed by atoms with Crippen LogP contribution in [0.3, 0.4) is 0 Å². The summed E-state index contributed by atoms with van der Waals surface area (Å²) < 4.78 is 0. The molecule has 1 aromatic heterocycles. The van der Waals surface area contributed by atoms with Crippen LogP contribution in [0.4, 0.5) is 0 Å². The molecule has 0 aliphatic rings. The van der Waals surface area contributed by atoms with Gasteiger partial charge in [-0.3, -0.25) is 16.3 Å². The first-order valence-corrected chi connectivity index (χ1v) is 6.28. The fraction of sp³-hybridized carbons (Fsp3) is 0.154. The molecule has 1 heterocycles. The van der Waals surface area contributed by atoms with Gasteiger partial charge in [-0.05, 0) is 30.2 Å². The molecule has 5 heteroatoms. The van der Waals surface area contributed by atoms with E-state index in [1.54, 1.807) is 18.3 Å². The number of benzene rings is 1. The van der Waals surface area contributed by atoms with Crippen molar-refractivity contribution < 1.29 is 0 Å². The quantitative estimate of drug-likeness (QED) is 0.669. The van der Waals surface area contributed by atoms with Gasteiger partial charge in [-0.25, -0.2) is 0 Å². The van der Waals surface area contributed by atoms with E-state index in [4.69, 9.17) is 29.0 Å². The predicted molar refractivity (Wildman–Crippen MR) is 74.5 cm³/mol. The van der Waals surface area contributed by atoms with E-state index in [-0.39, 0.29) is 6.04 Å². The second kappa shape index (κ2) is 6.16. The Morgan fingerprint density at radius 2 is 1.83 bits per heavy atom. The molecule has 1 unspecified atom stereocenters. The normalized spacial score (nSPS) is 12.4. The molecule has 1 atom stereocenters. The zero-order valence-corrected chi connectivity index (χ0v) is 11.1. The summed E-state index contributed by atoms with van der Waals surface area (Å²) in [7, 11) is 0. The second-order valence-corrected chi connectivity index (χ2v) is 4.70. The SMILES string of the molecule is NNC(Cc1ccccc1Cl)c1ncccc1Cl. The van der Waals surface area contributed by atoms with E-state index in [9.17, 15) is 0 Å². The molecule has 0 spiro atoms. The molecule has 0 radical (unpaired) electrons. The zero-order chi connectivity index (χ0) is 13.0. The molecule has 18 heavy (non-hydrogen) atoms. The number of nitrogens with zero attached hydrogens (tertiary/aromatic N) is 1. The Balaban J connectivity index is 2.26. The Morgan fingerprint density at radius 1 is 1.11 bits per heavy atom. The lowest BCUT2D eigenvalue weighted by atomic mass is 10.0. The molecule has 0 fully saturated rings. The van der Waals surface area contributed by atoms with Crippen molar-refractivity contribution in [3.05, 3.63) is 63.9 Å². The third kappa shape index (κ3) is 3.00. The van der Waals surface area contributed by atoms with Crippen molar-refractivity contribution >= 4 is 23.2 Å². The molecule has 0 aliphatic heterocycles. The van der Waals surface area contributed by atoms with E-state index in [0.29, 0.717) is 16.5 Å². The van der Waals surface area contributed by atoms with Crippen LogP contribution in [0.5, 0.6) is 0 Å². The fourth-order valence-corrected chi connectivity index (χ4v) is 2.24. The molecule has 1 aromatic carbocycles. The second-order valence-electron chi connectivity index (χ2n) is 3.89. The molecule has 2 aromatic rings. The number of hydrogen-bond donors (Lipinski definition) is 2. The number of hydrazine groups is 1. The highest BCUT2D eigenvalue weighted by atomic mass is 35.5. The highest BCUT2D eigenvalue weighted by Crippen LogP contribution is 2.25. The number of pyridine rings is 1. The summed E-state index contributed by atoms with van der Waals surface area (Å²) in [5, 5.41) is 1.30. The lowest BCUT2D eigenvalue weighted by Gasteiger charge is -2.17. The van der Waals surface area contributed by atoms with Crippen LogP contribution in [0.25, 0.3) is 0 Å². The smallest absolute Gasteiger partial charge is 0.0775 e. The lowest BCUT2D eigenvalue weighted by molar-refractivity contribution is 0.538. The molecule has 0 saturated heterocycles. The summed E-state index contributed by atoms with van der Waals surface area (Å²) >= 11 is 12.2. The number of halogens is 2. The number of nitrogens with one attached hydrogen (secondary N) is 1. The summed E-state index contributed by atoms with van der Waals surface area (Å²) in [6.07, 6.45) is 2.32. The summed E-state index contributed by atoms with van der Waals surface area (Å²) in [4.78, 5) is 4.26. The Morgan fingerprint density at radius 3 is 2.50 bits per heavy atom. The fourth-order valence-electron chi connectivity index (χ4n) is 1.77. The van der Waals surface area contributed by atoms with Crippen LogP contribution in [0, 0.1) is 0 Å². The predicted octanol–water partition coefficient (Wildman–Crippen LogP) is 3.14. The first-order valence-electron chi connectivity index (χ1n) is 5.52. The number of nitrogens with two attached hydrogens (primary N) is 1. The topological polar surface area (TPSA) is 50.9 Å². The molecule has 2 rings (SSSR count). The van der Waals surface area contributed by atoms with E-state index < -0.39 is 0 Å². The van der Waals surface area contributed by atoms with Crippen molar-refractivity contribution in [2.75, 3.05) is 0 Å². The molecule has 94 valence electrons. The van der Waals surface area contributed by atoms with Crippen molar-refractivity contribution in [1.82, 2.24) is 10.4 Å². The summed E-state index contributed by atoms with van der Waals surface area (Å²) in [6.45, 7) is 0. The number of aromatic nitrogens is 1. The molecule has 3 N–H and O–H groups in total. The van der Waals surface area contributed by atoms with Crippen LogP contribution in [0.1, 0.15) is 17.3 Å². The van der Waals surface area contributed by atoms with Gasteiger partial charge >= 0.3 is 0 Å². The van der Waals surface area contributed by atoms with Crippen molar-refractivity contribution in [2.24, 2.45) is 5.84 Å². The highest BCUT2D eigenvalue weighted by molar-refractivity contribution is 6.31. The molecule has 3 nitrogen and oxygen atoms in total. The maximum absolute atomic E-state index is 6.13. The monoisotopic (exact) mass is 281 g/mol. The number of hydrogen-bond acceptors (Lipinski definition) is 3. The Hall–Kier alpha value is -1.13. The maximum atomic E-state index is 6.13. The van der Waals surface area contributed by atoms with Crippen molar-refractivity contribution in [3.8, 4) is 0 Å². The highest BCUT2D eigenvalue weighted by Gasteiger charge is 2.16. The van der Waals surface area contributed by atoms with Crippen molar-refractivity contribution in [1.29, 1.82) is 0 Å². The molecule has 0 bridgehead atoms. The third-order valence-corrected chi connectivity index (χ3v) is 3.39. The van der Waals surface area contributed by atoms with Crippen LogP contribution >= 0.6 is 23.2 Å². The first-order chi connectivity index (χ1) is 8.72. The van der Waals surface area contributed by atoms with Gasteiger partial charge in [0.05, 0.1) is 16.8 Å². The first kappa shape index (κ1) is 13.3. The van der Waals surface area contributed by atoms with E-state index in [1.807, 2.05) is 24.3 Å². The Kier molecular flexibility index (Phi) is 4.55. The zero-order valence-electron chi connectivity index (χ0n) is 9.61. The van der Waals surface area contributed by atoms with Crippen LogP contribution in [-0.4, -0.2) is 4.98 Å². The van der Waals surface area contributed by atoms with Crippen molar-refractivity contribution in [3.63, 3.8) is 0 Å². The average Bonchev–Trinajstić information content (AvgIpc) is 2.39. The number of rotatable bonds is 4.